The number of nitrogens with zero attached hydrogens (tertiary/aromatic N) is 4. The summed E-state index contributed by atoms with van der Waals surface area (Å²) in [6.07, 6.45) is 1.64. The average molecular weight is 546 g/mol. The van der Waals surface area contributed by atoms with Crippen molar-refractivity contribution in [2.75, 3.05) is 55.9 Å². The number of nitrogens with one attached hydrogen (secondary N) is 2. The molecule has 1 saturated heterocycles. The van der Waals surface area contributed by atoms with Crippen LogP contribution < -0.4 is 26.0 Å². The first kappa shape index (κ1) is 28.5. The first-order valence-electron chi connectivity index (χ1n) is 13.0. The maximum Gasteiger partial charge on any atom is 0.271 e. The molecule has 2 heterocycles. The summed E-state index contributed by atoms with van der Waals surface area (Å²) in [5.41, 5.74) is 8.48. The van der Waals surface area contributed by atoms with Crippen molar-refractivity contribution in [1.82, 2.24) is 14.9 Å². The number of likely N-dealkylation sites (N-methyl/N-ethyl adjacent to an activating group) is 1. The van der Waals surface area contributed by atoms with Crippen LogP contribution in [0.1, 0.15) is 23.1 Å². The lowest BCUT2D eigenvalue weighted by molar-refractivity contribution is -0.111. The number of carbonyl (C=O) groups is 2. The van der Waals surface area contributed by atoms with Crippen LogP contribution in [0.4, 0.5) is 22.9 Å². The summed E-state index contributed by atoms with van der Waals surface area (Å²) >= 11 is 0. The van der Waals surface area contributed by atoms with Crippen molar-refractivity contribution < 1.29 is 19.1 Å². The Bertz CT molecular complexity index is 1360. The topological polar surface area (TPSA) is 135 Å². The van der Waals surface area contributed by atoms with Gasteiger partial charge < -0.3 is 30.7 Å². The molecule has 210 valence electrons. The number of carbonyl (C=O) groups excluding carboxylic acids is 2. The molecule has 11 heteroatoms. The third kappa shape index (κ3) is 6.93. The van der Waals surface area contributed by atoms with Gasteiger partial charge in [-0.3, -0.25) is 14.5 Å². The summed E-state index contributed by atoms with van der Waals surface area (Å²) in [6.45, 7) is 8.74. The van der Waals surface area contributed by atoms with Crippen LogP contribution in [0.3, 0.4) is 0 Å². The average Bonchev–Trinajstić information content (AvgIpc) is 2.95. The standard InChI is InChI=1S/C29H35N7O4/c1-5-24-29(40-23-9-7-8-20(16-23)31-25(37)6-2)34-28(26(33-24)27(30)38)32-19-10-12-21(13-11-19)36-15-14-35(3)22(17-36)18-39-4/h6-13,16,22H,2,5,14-15,17-18H2,1,3-4H3,(H2,30,38)(H,31,37)(H,32,34)/t22-/m1/s1. The molecular weight excluding hydrogens is 510 g/mol. The van der Waals surface area contributed by atoms with Crippen molar-refractivity contribution in [3.63, 3.8) is 0 Å². The fraction of sp³-hybridized carbons (Fsp3) is 0.310. The largest absolute Gasteiger partial charge is 0.437 e. The Morgan fingerprint density at radius 1 is 1.15 bits per heavy atom. The van der Waals surface area contributed by atoms with E-state index in [4.69, 9.17) is 15.2 Å². The first-order chi connectivity index (χ1) is 19.3. The molecule has 1 fully saturated rings. The van der Waals surface area contributed by atoms with Crippen LogP contribution in [0, 0.1) is 0 Å². The molecule has 0 saturated carbocycles. The minimum absolute atomic E-state index is 0.0155. The molecule has 3 aromatic rings. The second-order valence-electron chi connectivity index (χ2n) is 9.42. The van der Waals surface area contributed by atoms with Gasteiger partial charge in [-0.15, -0.1) is 0 Å². The molecule has 4 N–H and O–H groups in total. The van der Waals surface area contributed by atoms with Gasteiger partial charge in [0.25, 0.3) is 5.91 Å². The van der Waals surface area contributed by atoms with Crippen molar-refractivity contribution in [2.45, 2.75) is 19.4 Å². The zero-order valence-electron chi connectivity index (χ0n) is 23.0. The number of piperazine rings is 1. The Hall–Kier alpha value is -4.48. The normalized spacial score (nSPS) is 15.4. The van der Waals surface area contributed by atoms with Gasteiger partial charge in [0.1, 0.15) is 11.4 Å². The maximum absolute atomic E-state index is 12.3. The van der Waals surface area contributed by atoms with Gasteiger partial charge in [0, 0.05) is 49.9 Å². The number of nitrogens with two attached hydrogens (primary N) is 1. The number of hydrogen-bond donors (Lipinski definition) is 3. The monoisotopic (exact) mass is 545 g/mol. The number of rotatable bonds is 11. The Balaban J connectivity index is 1.56. The van der Waals surface area contributed by atoms with Gasteiger partial charge in [-0.25, -0.2) is 4.98 Å². The molecule has 4 rings (SSSR count). The summed E-state index contributed by atoms with van der Waals surface area (Å²) in [4.78, 5) is 37.6. The zero-order valence-corrected chi connectivity index (χ0v) is 23.0. The van der Waals surface area contributed by atoms with E-state index < -0.39 is 5.91 Å². The molecule has 1 aliphatic rings. The first-order valence-corrected chi connectivity index (χ1v) is 13.0. The Morgan fingerprint density at radius 2 is 1.93 bits per heavy atom. The summed E-state index contributed by atoms with van der Waals surface area (Å²) in [5, 5.41) is 5.87. The van der Waals surface area contributed by atoms with E-state index in [1.54, 1.807) is 31.4 Å². The predicted octanol–water partition coefficient (Wildman–Crippen LogP) is 3.57. The zero-order chi connectivity index (χ0) is 28.6. The van der Waals surface area contributed by atoms with Gasteiger partial charge in [-0.05, 0) is 55.9 Å². The molecule has 1 aromatic heterocycles. The van der Waals surface area contributed by atoms with Crippen LogP contribution in [0.2, 0.25) is 0 Å². The minimum atomic E-state index is -0.705. The van der Waals surface area contributed by atoms with E-state index in [0.29, 0.717) is 41.9 Å². The van der Waals surface area contributed by atoms with Gasteiger partial charge in [-0.2, -0.15) is 4.98 Å². The van der Waals surface area contributed by atoms with E-state index in [9.17, 15) is 9.59 Å². The van der Waals surface area contributed by atoms with Crippen LogP contribution in [0.15, 0.2) is 61.2 Å². The van der Waals surface area contributed by atoms with Crippen LogP contribution in [-0.2, 0) is 16.0 Å². The molecule has 1 atom stereocenters. The molecule has 0 unspecified atom stereocenters. The molecular formula is C29H35N7O4. The van der Waals surface area contributed by atoms with Gasteiger partial charge in [-0.1, -0.05) is 19.6 Å². The molecule has 11 nitrogen and oxygen atoms in total. The Labute approximate surface area is 234 Å². The predicted molar refractivity (Wildman–Crippen MR) is 156 cm³/mol. The molecule has 0 bridgehead atoms. The number of primary amides is 1. The highest BCUT2D eigenvalue weighted by atomic mass is 16.5. The Morgan fingerprint density at radius 3 is 2.60 bits per heavy atom. The van der Waals surface area contributed by atoms with E-state index in [0.717, 1.165) is 25.3 Å². The van der Waals surface area contributed by atoms with Crippen LogP contribution in [0.5, 0.6) is 11.6 Å². The number of benzene rings is 2. The number of hydrogen-bond acceptors (Lipinski definition) is 9. The van der Waals surface area contributed by atoms with Crippen molar-refractivity contribution in [1.29, 1.82) is 0 Å². The molecule has 0 aliphatic carbocycles. The maximum atomic E-state index is 12.3. The van der Waals surface area contributed by atoms with Gasteiger partial charge in [0.2, 0.25) is 11.8 Å². The molecule has 0 spiro atoms. The molecule has 40 heavy (non-hydrogen) atoms. The second kappa shape index (κ2) is 13.0. The number of ether oxygens (including phenoxy) is 2. The highest BCUT2D eigenvalue weighted by Crippen LogP contribution is 2.30. The number of aromatic nitrogens is 2. The van der Waals surface area contributed by atoms with Crippen molar-refractivity contribution >= 4 is 34.7 Å². The summed E-state index contributed by atoms with van der Waals surface area (Å²) in [5.74, 6) is -0.198. The van der Waals surface area contributed by atoms with Crippen LogP contribution in [0.25, 0.3) is 0 Å². The smallest absolute Gasteiger partial charge is 0.271 e. The lowest BCUT2D eigenvalue weighted by Crippen LogP contribution is -2.53. The quantitative estimate of drug-likeness (QED) is 0.309. The van der Waals surface area contributed by atoms with E-state index >= 15 is 0 Å². The molecule has 2 amide bonds. The lowest BCUT2D eigenvalue weighted by atomic mass is 10.1. The van der Waals surface area contributed by atoms with E-state index in [1.165, 1.54) is 6.08 Å². The molecule has 0 radical (unpaired) electrons. The molecule has 2 aromatic carbocycles. The highest BCUT2D eigenvalue weighted by molar-refractivity contribution is 5.99. The number of methoxy groups -OCH3 is 1. The molecule has 1 aliphatic heterocycles. The van der Waals surface area contributed by atoms with E-state index in [1.807, 2.05) is 31.2 Å². The SMILES string of the molecule is C=CC(=O)Nc1cccc(Oc2nc(Nc3ccc(N4CCN(C)[C@@H](COC)C4)cc3)c(C(N)=O)nc2CC)c1. The summed E-state index contributed by atoms with van der Waals surface area (Å²) in [7, 11) is 3.84. The summed E-state index contributed by atoms with van der Waals surface area (Å²) < 4.78 is 11.4. The number of anilines is 4. The van der Waals surface area contributed by atoms with Crippen molar-refractivity contribution in [2.24, 2.45) is 5.73 Å². The highest BCUT2D eigenvalue weighted by Gasteiger charge is 2.24. The second-order valence-corrected chi connectivity index (χ2v) is 9.42. The minimum Gasteiger partial charge on any atom is -0.437 e. The Kier molecular flexibility index (Phi) is 9.31. The van der Waals surface area contributed by atoms with Gasteiger partial charge in [0.15, 0.2) is 11.5 Å². The number of aryl methyl sites for hydroxylation is 1. The van der Waals surface area contributed by atoms with Crippen molar-refractivity contribution in [3.05, 3.63) is 72.6 Å². The van der Waals surface area contributed by atoms with Crippen LogP contribution in [-0.4, -0.2) is 73.1 Å². The fourth-order valence-corrected chi connectivity index (χ4v) is 4.41. The van der Waals surface area contributed by atoms with Crippen molar-refractivity contribution in [3.8, 4) is 11.6 Å². The number of amides is 2. The van der Waals surface area contributed by atoms with E-state index in [-0.39, 0.29) is 23.3 Å². The van der Waals surface area contributed by atoms with Crippen LogP contribution >= 0.6 is 0 Å². The van der Waals surface area contributed by atoms with E-state index in [2.05, 4.69) is 44.0 Å². The third-order valence-electron chi connectivity index (χ3n) is 6.63. The fourth-order valence-electron chi connectivity index (χ4n) is 4.41. The summed E-state index contributed by atoms with van der Waals surface area (Å²) in [6, 6.07) is 15.1. The van der Waals surface area contributed by atoms with Gasteiger partial charge >= 0.3 is 0 Å². The van der Waals surface area contributed by atoms with Gasteiger partial charge in [0.05, 0.1) is 12.6 Å². The third-order valence-corrected chi connectivity index (χ3v) is 6.63. The lowest BCUT2D eigenvalue weighted by Gasteiger charge is -2.40.